The van der Waals surface area contributed by atoms with Crippen molar-refractivity contribution >= 4 is 17.3 Å². The highest BCUT2D eigenvalue weighted by Crippen LogP contribution is 2.16. The standard InChI is InChI=1S/C17H20FN5S/c1-4-20-17(22-10-16-23-11(2)12(3)24-16)21-9-14-7-13(8-19)5-6-15(14)18/h5-7H,4,9-10H2,1-3H3,(H2,20,21,22). The number of guanidine groups is 1. The summed E-state index contributed by atoms with van der Waals surface area (Å²) >= 11 is 1.64. The third-order valence-electron chi connectivity index (χ3n) is 3.41. The minimum absolute atomic E-state index is 0.159. The van der Waals surface area contributed by atoms with Crippen molar-refractivity contribution in [3.8, 4) is 6.07 Å². The van der Waals surface area contributed by atoms with Crippen LogP contribution in [-0.2, 0) is 13.1 Å². The average molecular weight is 345 g/mol. The first-order chi connectivity index (χ1) is 11.5. The molecule has 0 aliphatic carbocycles. The lowest BCUT2D eigenvalue weighted by molar-refractivity contribution is 0.610. The van der Waals surface area contributed by atoms with Gasteiger partial charge in [0.2, 0.25) is 0 Å². The molecule has 0 radical (unpaired) electrons. The Morgan fingerprint density at radius 3 is 2.79 bits per heavy atom. The number of aromatic nitrogens is 1. The summed E-state index contributed by atoms with van der Waals surface area (Å²) in [6, 6.07) is 6.29. The van der Waals surface area contributed by atoms with Gasteiger partial charge >= 0.3 is 0 Å². The van der Waals surface area contributed by atoms with Crippen molar-refractivity contribution in [3.63, 3.8) is 0 Å². The summed E-state index contributed by atoms with van der Waals surface area (Å²) in [4.78, 5) is 10.1. The molecule has 2 N–H and O–H groups in total. The van der Waals surface area contributed by atoms with E-state index in [1.165, 1.54) is 23.1 Å². The van der Waals surface area contributed by atoms with Crippen LogP contribution in [0.15, 0.2) is 23.2 Å². The molecule has 0 atom stereocenters. The second-order valence-electron chi connectivity index (χ2n) is 5.22. The second-order valence-corrected chi connectivity index (χ2v) is 6.50. The summed E-state index contributed by atoms with van der Waals surface area (Å²) in [6.45, 7) is 7.41. The van der Waals surface area contributed by atoms with Crippen molar-refractivity contribution in [2.45, 2.75) is 33.9 Å². The molecule has 24 heavy (non-hydrogen) atoms. The van der Waals surface area contributed by atoms with Crippen molar-refractivity contribution in [3.05, 3.63) is 50.7 Å². The fourth-order valence-corrected chi connectivity index (χ4v) is 2.92. The quantitative estimate of drug-likeness (QED) is 0.645. The van der Waals surface area contributed by atoms with Gasteiger partial charge in [0, 0.05) is 17.0 Å². The number of aliphatic imine (C=N–C) groups is 1. The molecule has 2 rings (SSSR count). The van der Waals surface area contributed by atoms with Gasteiger partial charge in [-0.1, -0.05) is 0 Å². The van der Waals surface area contributed by atoms with Crippen LogP contribution in [0.2, 0.25) is 0 Å². The maximum Gasteiger partial charge on any atom is 0.191 e. The number of halogens is 1. The Morgan fingerprint density at radius 2 is 2.17 bits per heavy atom. The van der Waals surface area contributed by atoms with Gasteiger partial charge in [0.15, 0.2) is 5.96 Å². The van der Waals surface area contributed by atoms with Crippen molar-refractivity contribution in [1.29, 1.82) is 5.26 Å². The minimum atomic E-state index is -0.361. The first-order valence-electron chi connectivity index (χ1n) is 7.67. The summed E-state index contributed by atoms with van der Waals surface area (Å²) in [5.41, 5.74) is 1.86. The van der Waals surface area contributed by atoms with Crippen LogP contribution in [0.25, 0.3) is 0 Å². The van der Waals surface area contributed by atoms with Gasteiger partial charge < -0.3 is 10.6 Å². The summed E-state index contributed by atoms with van der Waals surface area (Å²) in [5, 5.41) is 16.2. The molecular formula is C17H20FN5S. The molecule has 0 aliphatic heterocycles. The number of hydrogen-bond acceptors (Lipinski definition) is 4. The average Bonchev–Trinajstić information content (AvgIpc) is 2.89. The van der Waals surface area contributed by atoms with Crippen LogP contribution in [0.1, 0.15) is 33.6 Å². The van der Waals surface area contributed by atoms with E-state index in [9.17, 15) is 4.39 Å². The van der Waals surface area contributed by atoms with Gasteiger partial charge in [-0.15, -0.1) is 11.3 Å². The van der Waals surface area contributed by atoms with E-state index in [1.54, 1.807) is 11.3 Å². The second kappa shape index (κ2) is 8.41. The van der Waals surface area contributed by atoms with E-state index in [2.05, 4.69) is 20.6 Å². The van der Waals surface area contributed by atoms with E-state index in [1.807, 2.05) is 26.8 Å². The Balaban J connectivity index is 2.06. The lowest BCUT2D eigenvalue weighted by Crippen LogP contribution is -2.36. The highest BCUT2D eigenvalue weighted by molar-refractivity contribution is 7.11. The molecule has 1 aromatic heterocycles. The number of nitrogens with one attached hydrogen (secondary N) is 2. The van der Waals surface area contributed by atoms with Crippen LogP contribution in [0.3, 0.4) is 0 Å². The summed E-state index contributed by atoms with van der Waals surface area (Å²) in [5.74, 6) is 0.226. The molecule has 0 amide bonds. The first-order valence-corrected chi connectivity index (χ1v) is 8.48. The minimum Gasteiger partial charge on any atom is -0.357 e. The SMILES string of the molecule is CCNC(=NCc1cc(C#N)ccc1F)NCc1nc(C)c(C)s1. The van der Waals surface area contributed by atoms with Gasteiger partial charge in [-0.2, -0.15) is 5.26 Å². The molecule has 7 heteroatoms. The zero-order valence-electron chi connectivity index (χ0n) is 14.0. The molecule has 0 unspecified atom stereocenters. The summed E-state index contributed by atoms with van der Waals surface area (Å²) in [6.07, 6.45) is 0. The highest BCUT2D eigenvalue weighted by Gasteiger charge is 2.06. The topological polar surface area (TPSA) is 73.1 Å². The Kier molecular flexibility index (Phi) is 6.27. The number of nitriles is 1. The van der Waals surface area contributed by atoms with Crippen molar-refractivity contribution < 1.29 is 4.39 Å². The normalized spacial score (nSPS) is 11.2. The zero-order chi connectivity index (χ0) is 17.5. The van der Waals surface area contributed by atoms with Crippen LogP contribution >= 0.6 is 11.3 Å². The molecule has 0 saturated carbocycles. The summed E-state index contributed by atoms with van der Waals surface area (Å²) < 4.78 is 13.8. The van der Waals surface area contributed by atoms with Gasteiger partial charge in [0.25, 0.3) is 0 Å². The Bertz CT molecular complexity index is 756. The molecule has 1 heterocycles. The van der Waals surface area contributed by atoms with Gasteiger partial charge in [0.05, 0.1) is 30.4 Å². The molecule has 0 fully saturated rings. The molecule has 0 bridgehead atoms. The molecular weight excluding hydrogens is 325 g/mol. The summed E-state index contributed by atoms with van der Waals surface area (Å²) in [7, 11) is 0. The number of nitrogens with zero attached hydrogens (tertiary/aromatic N) is 3. The van der Waals surface area contributed by atoms with E-state index in [4.69, 9.17) is 5.26 Å². The van der Waals surface area contributed by atoms with E-state index in [-0.39, 0.29) is 12.4 Å². The van der Waals surface area contributed by atoms with Crippen LogP contribution in [-0.4, -0.2) is 17.5 Å². The third-order valence-corrected chi connectivity index (χ3v) is 4.48. The van der Waals surface area contributed by atoms with Crippen molar-refractivity contribution in [2.75, 3.05) is 6.54 Å². The molecule has 5 nitrogen and oxygen atoms in total. The van der Waals surface area contributed by atoms with E-state index in [0.29, 0.717) is 30.2 Å². The van der Waals surface area contributed by atoms with E-state index < -0.39 is 0 Å². The van der Waals surface area contributed by atoms with Crippen LogP contribution in [0.4, 0.5) is 4.39 Å². The Hall–Kier alpha value is -2.46. The van der Waals surface area contributed by atoms with Gasteiger partial charge in [-0.05, 0) is 39.0 Å². The number of aryl methyl sites for hydroxylation is 2. The molecule has 126 valence electrons. The fourth-order valence-electron chi connectivity index (χ4n) is 2.05. The molecule has 1 aromatic carbocycles. The zero-order valence-corrected chi connectivity index (χ0v) is 14.8. The smallest absolute Gasteiger partial charge is 0.191 e. The van der Waals surface area contributed by atoms with Gasteiger partial charge in [0.1, 0.15) is 10.8 Å². The lowest BCUT2D eigenvalue weighted by Gasteiger charge is -2.10. The largest absolute Gasteiger partial charge is 0.357 e. The number of rotatable bonds is 5. The van der Waals surface area contributed by atoms with Gasteiger partial charge in [-0.25, -0.2) is 14.4 Å². The van der Waals surface area contributed by atoms with Crippen molar-refractivity contribution in [2.24, 2.45) is 4.99 Å². The predicted molar refractivity (Wildman–Crippen MR) is 94.4 cm³/mol. The van der Waals surface area contributed by atoms with Crippen LogP contribution in [0.5, 0.6) is 0 Å². The molecule has 0 spiro atoms. The van der Waals surface area contributed by atoms with Crippen molar-refractivity contribution in [1.82, 2.24) is 15.6 Å². The van der Waals surface area contributed by atoms with Gasteiger partial charge in [-0.3, -0.25) is 0 Å². The maximum atomic E-state index is 13.8. The predicted octanol–water partition coefficient (Wildman–Crippen LogP) is 3.03. The van der Waals surface area contributed by atoms with E-state index >= 15 is 0 Å². The van der Waals surface area contributed by atoms with Crippen LogP contribution < -0.4 is 10.6 Å². The maximum absolute atomic E-state index is 13.8. The third kappa shape index (κ3) is 4.77. The first kappa shape index (κ1) is 17.9. The Labute approximate surface area is 145 Å². The molecule has 0 aliphatic rings. The number of hydrogen-bond donors (Lipinski definition) is 2. The van der Waals surface area contributed by atoms with E-state index in [0.717, 1.165) is 10.7 Å². The number of benzene rings is 1. The monoisotopic (exact) mass is 345 g/mol. The molecule has 2 aromatic rings. The highest BCUT2D eigenvalue weighted by atomic mass is 32.1. The van der Waals surface area contributed by atoms with Crippen LogP contribution in [0, 0.1) is 31.0 Å². The molecule has 0 saturated heterocycles. The number of thiazole rings is 1. The lowest BCUT2D eigenvalue weighted by atomic mass is 10.1. The fraction of sp³-hybridized carbons (Fsp3) is 0.353. The Morgan fingerprint density at radius 1 is 1.38 bits per heavy atom.